The Morgan fingerprint density at radius 3 is 2.63 bits per heavy atom. The number of carbonyl (C=O) groups is 1. The number of nitrogens with zero attached hydrogens (tertiary/aromatic N) is 2. The second kappa shape index (κ2) is 7.35. The molecule has 0 radical (unpaired) electrons. The summed E-state index contributed by atoms with van der Waals surface area (Å²) in [7, 11) is 0. The normalized spacial score (nSPS) is 11.1. The highest BCUT2D eigenvalue weighted by Crippen LogP contribution is 2.30. The molecule has 2 aromatic heterocycles. The fourth-order valence-corrected chi connectivity index (χ4v) is 4.25. The minimum Gasteiger partial charge on any atom is -0.347 e. The van der Waals surface area contributed by atoms with E-state index in [1.54, 1.807) is 0 Å². The summed E-state index contributed by atoms with van der Waals surface area (Å²) in [5.41, 5.74) is 2.67. The summed E-state index contributed by atoms with van der Waals surface area (Å²) in [6.07, 6.45) is 0. The summed E-state index contributed by atoms with van der Waals surface area (Å²) < 4.78 is 1.84. The van der Waals surface area contributed by atoms with Gasteiger partial charge in [-0.1, -0.05) is 41.4 Å². The van der Waals surface area contributed by atoms with Gasteiger partial charge in [-0.25, -0.2) is 4.68 Å². The Hall–Kier alpha value is -2.34. The summed E-state index contributed by atoms with van der Waals surface area (Å²) in [5, 5.41) is 9.81. The summed E-state index contributed by atoms with van der Waals surface area (Å²) in [4.78, 5) is 14.2. The first-order valence-electron chi connectivity index (χ1n) is 8.29. The Morgan fingerprint density at radius 1 is 1.15 bits per heavy atom. The summed E-state index contributed by atoms with van der Waals surface area (Å²) in [5.74, 6) is -0.127. The van der Waals surface area contributed by atoms with Crippen molar-refractivity contribution in [1.29, 1.82) is 0 Å². The third-order valence-electron chi connectivity index (χ3n) is 4.24. The Kier molecular flexibility index (Phi) is 4.91. The molecule has 0 bridgehead atoms. The van der Waals surface area contributed by atoms with Crippen molar-refractivity contribution in [3.05, 3.63) is 80.8 Å². The number of aromatic nitrogens is 2. The van der Waals surface area contributed by atoms with E-state index >= 15 is 0 Å². The zero-order chi connectivity index (χ0) is 19.0. The molecule has 1 amide bonds. The molecule has 0 spiro atoms. The highest BCUT2D eigenvalue weighted by molar-refractivity contribution is 7.20. The highest BCUT2D eigenvalue weighted by atomic mass is 35.5. The quantitative estimate of drug-likeness (QED) is 0.469. The topological polar surface area (TPSA) is 46.9 Å². The lowest BCUT2D eigenvalue weighted by atomic mass is 10.2. The fourth-order valence-electron chi connectivity index (χ4n) is 2.82. The zero-order valence-corrected chi connectivity index (χ0v) is 16.7. The van der Waals surface area contributed by atoms with Crippen molar-refractivity contribution < 1.29 is 4.79 Å². The molecule has 27 heavy (non-hydrogen) atoms. The van der Waals surface area contributed by atoms with Crippen LogP contribution in [0, 0.1) is 6.92 Å². The average molecular weight is 416 g/mol. The smallest absolute Gasteiger partial charge is 0.261 e. The van der Waals surface area contributed by atoms with Crippen molar-refractivity contribution in [3.63, 3.8) is 0 Å². The molecule has 136 valence electrons. The van der Waals surface area contributed by atoms with Gasteiger partial charge in [0.05, 0.1) is 16.3 Å². The van der Waals surface area contributed by atoms with Crippen molar-refractivity contribution in [2.24, 2.45) is 0 Å². The largest absolute Gasteiger partial charge is 0.347 e. The standard InChI is InChI=1S/C20H15Cl2N3OS/c1-12-16-10-18(19(26)23-11-13-4-2-3-5-17(13)22)27-20(16)25(24-12)15-8-6-14(21)7-9-15/h2-10H,11H2,1H3,(H,23,26). The maximum Gasteiger partial charge on any atom is 0.261 e. The van der Waals surface area contributed by atoms with E-state index in [9.17, 15) is 4.79 Å². The van der Waals surface area contributed by atoms with Gasteiger partial charge in [0.25, 0.3) is 5.91 Å². The molecule has 2 aromatic carbocycles. The number of aryl methyl sites for hydroxylation is 1. The Bertz CT molecular complexity index is 1130. The highest BCUT2D eigenvalue weighted by Gasteiger charge is 2.17. The van der Waals surface area contributed by atoms with Crippen molar-refractivity contribution >= 4 is 50.7 Å². The van der Waals surface area contributed by atoms with E-state index in [0.29, 0.717) is 21.5 Å². The molecule has 0 unspecified atom stereocenters. The van der Waals surface area contributed by atoms with Gasteiger partial charge in [-0.2, -0.15) is 5.10 Å². The number of nitrogens with one attached hydrogen (secondary N) is 1. The van der Waals surface area contributed by atoms with E-state index in [1.165, 1.54) is 11.3 Å². The van der Waals surface area contributed by atoms with Crippen molar-refractivity contribution in [2.75, 3.05) is 0 Å². The first-order chi connectivity index (χ1) is 13.0. The number of thiophene rings is 1. The summed E-state index contributed by atoms with van der Waals surface area (Å²) in [6.45, 7) is 2.32. The van der Waals surface area contributed by atoms with E-state index in [0.717, 1.165) is 27.2 Å². The maximum absolute atomic E-state index is 12.6. The van der Waals surface area contributed by atoms with Crippen LogP contribution in [0.25, 0.3) is 15.9 Å². The maximum atomic E-state index is 12.6. The number of carbonyl (C=O) groups excluding carboxylic acids is 1. The molecule has 0 aliphatic carbocycles. The molecule has 0 aliphatic heterocycles. The molecule has 4 rings (SSSR count). The minimum absolute atomic E-state index is 0.127. The van der Waals surface area contributed by atoms with E-state index in [4.69, 9.17) is 23.2 Å². The lowest BCUT2D eigenvalue weighted by Crippen LogP contribution is -2.21. The number of amides is 1. The molecular weight excluding hydrogens is 401 g/mol. The van der Waals surface area contributed by atoms with Gasteiger partial charge >= 0.3 is 0 Å². The number of hydrogen-bond donors (Lipinski definition) is 1. The Morgan fingerprint density at radius 2 is 1.89 bits per heavy atom. The molecule has 0 atom stereocenters. The molecule has 0 aliphatic rings. The van der Waals surface area contributed by atoms with Crippen molar-refractivity contribution in [1.82, 2.24) is 15.1 Å². The van der Waals surface area contributed by atoms with Gasteiger partial charge in [-0.05, 0) is 48.9 Å². The first-order valence-corrected chi connectivity index (χ1v) is 9.87. The Labute approximate surface area is 170 Å². The SMILES string of the molecule is Cc1nn(-c2ccc(Cl)cc2)c2sc(C(=O)NCc3ccccc3Cl)cc12. The number of fused-ring (bicyclic) bond motifs is 1. The number of rotatable bonds is 4. The van der Waals surface area contributed by atoms with Crippen LogP contribution in [0.15, 0.2) is 54.6 Å². The van der Waals surface area contributed by atoms with Gasteiger partial charge in [0.15, 0.2) is 0 Å². The van der Waals surface area contributed by atoms with Crippen LogP contribution in [-0.2, 0) is 6.54 Å². The van der Waals surface area contributed by atoms with Gasteiger partial charge in [0, 0.05) is 22.0 Å². The zero-order valence-electron chi connectivity index (χ0n) is 14.4. The number of hydrogen-bond acceptors (Lipinski definition) is 3. The van der Waals surface area contributed by atoms with Crippen molar-refractivity contribution in [3.8, 4) is 5.69 Å². The van der Waals surface area contributed by atoms with Crippen LogP contribution in [0.5, 0.6) is 0 Å². The number of halogens is 2. The van der Waals surface area contributed by atoms with E-state index in [2.05, 4.69) is 10.4 Å². The Balaban J connectivity index is 1.61. The molecule has 7 heteroatoms. The molecule has 0 saturated heterocycles. The molecule has 2 heterocycles. The van der Waals surface area contributed by atoms with E-state index in [-0.39, 0.29) is 5.91 Å². The molecule has 4 aromatic rings. The molecule has 0 fully saturated rings. The predicted molar refractivity (Wildman–Crippen MR) is 111 cm³/mol. The second-order valence-corrected chi connectivity index (χ2v) is 7.95. The van der Waals surface area contributed by atoms with Crippen LogP contribution in [0.4, 0.5) is 0 Å². The van der Waals surface area contributed by atoms with Gasteiger partial charge in [-0.3, -0.25) is 4.79 Å². The van der Waals surface area contributed by atoms with Gasteiger partial charge < -0.3 is 5.32 Å². The monoisotopic (exact) mass is 415 g/mol. The van der Waals surface area contributed by atoms with Crippen LogP contribution in [-0.4, -0.2) is 15.7 Å². The lowest BCUT2D eigenvalue weighted by Gasteiger charge is -2.05. The van der Waals surface area contributed by atoms with Crippen LogP contribution in [0.3, 0.4) is 0 Å². The van der Waals surface area contributed by atoms with Gasteiger partial charge in [0.2, 0.25) is 0 Å². The number of benzene rings is 2. The molecule has 4 nitrogen and oxygen atoms in total. The summed E-state index contributed by atoms with van der Waals surface area (Å²) in [6, 6.07) is 16.8. The third kappa shape index (κ3) is 3.58. The van der Waals surface area contributed by atoms with Crippen LogP contribution >= 0.6 is 34.5 Å². The first kappa shape index (κ1) is 18.0. The van der Waals surface area contributed by atoms with E-state index in [1.807, 2.05) is 66.2 Å². The molecular formula is C20H15Cl2N3OS. The van der Waals surface area contributed by atoms with Gasteiger partial charge in [0.1, 0.15) is 4.83 Å². The van der Waals surface area contributed by atoms with Crippen LogP contribution < -0.4 is 5.32 Å². The third-order valence-corrected chi connectivity index (χ3v) is 5.97. The van der Waals surface area contributed by atoms with Crippen LogP contribution in [0.2, 0.25) is 10.0 Å². The predicted octanol–water partition coefficient (Wildman–Crippen LogP) is 5.63. The minimum atomic E-state index is -0.127. The summed E-state index contributed by atoms with van der Waals surface area (Å²) >= 11 is 13.5. The van der Waals surface area contributed by atoms with Crippen LogP contribution in [0.1, 0.15) is 20.9 Å². The van der Waals surface area contributed by atoms with Gasteiger partial charge in [-0.15, -0.1) is 11.3 Å². The van der Waals surface area contributed by atoms with Crippen molar-refractivity contribution in [2.45, 2.75) is 13.5 Å². The van der Waals surface area contributed by atoms with E-state index < -0.39 is 0 Å². The molecule has 0 saturated carbocycles. The second-order valence-electron chi connectivity index (χ2n) is 6.08. The molecule has 1 N–H and O–H groups in total. The fraction of sp³-hybridized carbons (Fsp3) is 0.100. The lowest BCUT2D eigenvalue weighted by molar-refractivity contribution is 0.0955. The average Bonchev–Trinajstić information content (AvgIpc) is 3.22.